The van der Waals surface area contributed by atoms with E-state index in [2.05, 4.69) is 26.5 Å². The number of benzene rings is 1. The molecular formula is C23H19BrN4O6. The Labute approximate surface area is 202 Å². The maximum atomic E-state index is 12.7. The zero-order chi connectivity index (χ0) is 24.8. The van der Waals surface area contributed by atoms with Crippen molar-refractivity contribution in [3.8, 4) is 17.4 Å². The molecule has 10 nitrogen and oxygen atoms in total. The van der Waals surface area contributed by atoms with Crippen LogP contribution in [-0.2, 0) is 22.7 Å². The lowest BCUT2D eigenvalue weighted by atomic mass is 10.1. The number of furan rings is 1. The predicted octanol–water partition coefficient (Wildman–Crippen LogP) is 3.05. The number of pyridine rings is 1. The quantitative estimate of drug-likeness (QED) is 0.338. The normalized spacial score (nSPS) is 10.9. The molecule has 0 aliphatic carbocycles. The minimum absolute atomic E-state index is 0.0751. The third-order valence-corrected chi connectivity index (χ3v) is 5.93. The fourth-order valence-electron chi connectivity index (χ4n) is 3.15. The van der Waals surface area contributed by atoms with Gasteiger partial charge in [-0.2, -0.15) is 10.4 Å². The Morgan fingerprint density at radius 1 is 1.29 bits per heavy atom. The van der Waals surface area contributed by atoms with Crippen LogP contribution in [0.3, 0.4) is 0 Å². The Morgan fingerprint density at radius 3 is 2.62 bits per heavy atom. The van der Waals surface area contributed by atoms with Crippen LogP contribution in [0.1, 0.15) is 32.9 Å². The summed E-state index contributed by atoms with van der Waals surface area (Å²) in [6.07, 6.45) is 1.29. The number of aromatic carboxylic acids is 1. The summed E-state index contributed by atoms with van der Waals surface area (Å²) in [6, 6.07) is 11.4. The number of carboxylic acids is 1. The fraction of sp³-hybridized carbons (Fsp3) is 0.174. The maximum Gasteiger partial charge on any atom is 0.335 e. The minimum atomic E-state index is -1.02. The van der Waals surface area contributed by atoms with Gasteiger partial charge in [0.2, 0.25) is 0 Å². The van der Waals surface area contributed by atoms with Gasteiger partial charge in [-0.05, 0) is 47.1 Å². The molecule has 2 heterocycles. The van der Waals surface area contributed by atoms with Crippen LogP contribution in [0.2, 0.25) is 0 Å². The molecule has 3 aromatic rings. The molecule has 0 aliphatic heterocycles. The smallest absolute Gasteiger partial charge is 0.335 e. The first-order valence-electron chi connectivity index (χ1n) is 9.83. The van der Waals surface area contributed by atoms with Gasteiger partial charge in [0.15, 0.2) is 0 Å². The molecule has 0 spiro atoms. The number of halogens is 1. The lowest BCUT2D eigenvalue weighted by molar-refractivity contribution is -0.121. The molecule has 0 saturated heterocycles. The zero-order valence-corrected chi connectivity index (χ0v) is 19.7. The molecule has 1 amide bonds. The van der Waals surface area contributed by atoms with Crippen molar-refractivity contribution in [3.63, 3.8) is 0 Å². The summed E-state index contributed by atoms with van der Waals surface area (Å²) in [5, 5.41) is 22.2. The minimum Gasteiger partial charge on any atom is -0.478 e. The summed E-state index contributed by atoms with van der Waals surface area (Å²) < 4.78 is 12.4. The van der Waals surface area contributed by atoms with Gasteiger partial charge in [-0.25, -0.2) is 10.2 Å². The van der Waals surface area contributed by atoms with Crippen LogP contribution in [0.5, 0.6) is 0 Å². The van der Waals surface area contributed by atoms with Crippen molar-refractivity contribution in [1.82, 2.24) is 9.99 Å². The number of ether oxygens (including phenoxy) is 1. The van der Waals surface area contributed by atoms with Crippen LogP contribution in [-0.4, -0.2) is 34.9 Å². The summed E-state index contributed by atoms with van der Waals surface area (Å²) in [5.41, 5.74) is 3.36. The van der Waals surface area contributed by atoms with Gasteiger partial charge in [0.1, 0.15) is 29.7 Å². The molecule has 34 heavy (non-hydrogen) atoms. The van der Waals surface area contributed by atoms with E-state index >= 15 is 0 Å². The van der Waals surface area contributed by atoms with E-state index in [1.165, 1.54) is 30.0 Å². The SMILES string of the molecule is COCc1c(Br)c(C)n(CC(=O)N/N=C/c2ccc(-c3ccc(C(=O)O)cc3)o2)c(=O)c1C#N. The standard InChI is InChI=1S/C23H19BrN4O6/c1-13-21(24)18(12-33-2)17(9-25)22(30)28(13)11-20(29)27-26-10-16-7-8-19(34-16)14-3-5-15(6-4-14)23(31)32/h3-8,10H,11-12H2,1-2H3,(H,27,29)(H,31,32)/b26-10+. The number of aromatic nitrogens is 1. The predicted molar refractivity (Wildman–Crippen MR) is 125 cm³/mol. The molecule has 3 rings (SSSR count). The first-order chi connectivity index (χ1) is 16.3. The molecule has 2 N–H and O–H groups in total. The molecule has 2 aromatic heterocycles. The van der Waals surface area contributed by atoms with E-state index in [-0.39, 0.29) is 24.3 Å². The first kappa shape index (κ1) is 24.6. The van der Waals surface area contributed by atoms with E-state index in [0.29, 0.717) is 32.8 Å². The van der Waals surface area contributed by atoms with Crippen LogP contribution >= 0.6 is 15.9 Å². The van der Waals surface area contributed by atoms with Gasteiger partial charge in [0, 0.05) is 28.4 Å². The summed E-state index contributed by atoms with van der Waals surface area (Å²) >= 11 is 3.37. The Morgan fingerprint density at radius 2 is 2.00 bits per heavy atom. The lowest BCUT2D eigenvalue weighted by Crippen LogP contribution is -2.33. The second-order valence-corrected chi connectivity index (χ2v) is 7.86. The highest BCUT2D eigenvalue weighted by atomic mass is 79.9. The summed E-state index contributed by atoms with van der Waals surface area (Å²) in [4.78, 5) is 36.0. The van der Waals surface area contributed by atoms with Crippen molar-refractivity contribution < 1.29 is 23.8 Å². The summed E-state index contributed by atoms with van der Waals surface area (Å²) in [6.45, 7) is 1.38. The molecule has 0 unspecified atom stereocenters. The second kappa shape index (κ2) is 10.7. The van der Waals surface area contributed by atoms with Crippen molar-refractivity contribution in [2.24, 2.45) is 5.10 Å². The van der Waals surface area contributed by atoms with Crippen molar-refractivity contribution in [1.29, 1.82) is 5.26 Å². The average molecular weight is 527 g/mol. The number of methoxy groups -OCH3 is 1. The van der Waals surface area contributed by atoms with Gasteiger partial charge in [-0.1, -0.05) is 12.1 Å². The molecule has 0 atom stereocenters. The topological polar surface area (TPSA) is 147 Å². The van der Waals surface area contributed by atoms with Gasteiger partial charge < -0.3 is 18.8 Å². The number of hydrogen-bond donors (Lipinski definition) is 2. The molecule has 174 valence electrons. The van der Waals surface area contributed by atoms with Crippen molar-refractivity contribution in [2.75, 3.05) is 7.11 Å². The maximum absolute atomic E-state index is 12.7. The van der Waals surface area contributed by atoms with Gasteiger partial charge in [-0.15, -0.1) is 0 Å². The van der Waals surface area contributed by atoms with E-state index in [1.807, 2.05) is 6.07 Å². The molecular weight excluding hydrogens is 508 g/mol. The molecule has 0 fully saturated rings. The van der Waals surface area contributed by atoms with Crippen LogP contribution in [0.15, 0.2) is 55.2 Å². The van der Waals surface area contributed by atoms with Crippen LogP contribution in [0.25, 0.3) is 11.3 Å². The third-order valence-electron chi connectivity index (χ3n) is 4.87. The fourth-order valence-corrected chi connectivity index (χ4v) is 3.68. The van der Waals surface area contributed by atoms with E-state index in [9.17, 15) is 19.6 Å². The van der Waals surface area contributed by atoms with E-state index in [1.54, 1.807) is 31.2 Å². The van der Waals surface area contributed by atoms with Gasteiger partial charge >= 0.3 is 5.97 Å². The van der Waals surface area contributed by atoms with Crippen molar-refractivity contribution in [2.45, 2.75) is 20.1 Å². The highest BCUT2D eigenvalue weighted by molar-refractivity contribution is 9.10. The van der Waals surface area contributed by atoms with Crippen LogP contribution in [0.4, 0.5) is 0 Å². The van der Waals surface area contributed by atoms with E-state index in [0.717, 1.165) is 0 Å². The number of amides is 1. The summed E-state index contributed by atoms with van der Waals surface area (Å²) in [5.74, 6) is -0.747. The van der Waals surface area contributed by atoms with Crippen molar-refractivity contribution in [3.05, 3.63) is 79.4 Å². The molecule has 1 aromatic carbocycles. The lowest BCUT2D eigenvalue weighted by Gasteiger charge is -2.15. The number of hydrazone groups is 1. The molecule has 0 bridgehead atoms. The number of carbonyl (C=O) groups excluding carboxylic acids is 1. The van der Waals surface area contributed by atoms with E-state index < -0.39 is 17.4 Å². The monoisotopic (exact) mass is 526 g/mol. The largest absolute Gasteiger partial charge is 0.478 e. The number of carboxylic acid groups (broad SMARTS) is 1. The number of nitriles is 1. The average Bonchev–Trinajstić information content (AvgIpc) is 3.29. The third kappa shape index (κ3) is 5.31. The number of nitrogens with one attached hydrogen (secondary N) is 1. The number of carbonyl (C=O) groups is 2. The molecule has 0 saturated carbocycles. The molecule has 0 aliphatic rings. The number of hydrogen-bond acceptors (Lipinski definition) is 7. The number of rotatable bonds is 8. The Bertz CT molecular complexity index is 1370. The van der Waals surface area contributed by atoms with Crippen molar-refractivity contribution >= 4 is 34.0 Å². The summed E-state index contributed by atoms with van der Waals surface area (Å²) in [7, 11) is 1.46. The first-order valence-corrected chi connectivity index (χ1v) is 10.6. The second-order valence-electron chi connectivity index (χ2n) is 7.07. The Hall–Kier alpha value is -4.01. The molecule has 11 heteroatoms. The number of nitrogens with zero attached hydrogens (tertiary/aromatic N) is 3. The Balaban J connectivity index is 1.70. The van der Waals surface area contributed by atoms with E-state index in [4.69, 9.17) is 14.3 Å². The van der Waals surface area contributed by atoms with Gasteiger partial charge in [0.25, 0.3) is 11.5 Å². The van der Waals surface area contributed by atoms with Gasteiger partial charge in [-0.3, -0.25) is 9.59 Å². The molecule has 0 radical (unpaired) electrons. The Kier molecular flexibility index (Phi) is 7.78. The zero-order valence-electron chi connectivity index (χ0n) is 18.2. The van der Waals surface area contributed by atoms with Gasteiger partial charge in [0.05, 0.1) is 18.4 Å². The highest BCUT2D eigenvalue weighted by Gasteiger charge is 2.19. The van der Waals surface area contributed by atoms with Crippen LogP contribution < -0.4 is 11.0 Å². The highest BCUT2D eigenvalue weighted by Crippen LogP contribution is 2.24. The van der Waals surface area contributed by atoms with Crippen LogP contribution in [0, 0.1) is 18.3 Å².